The molecule has 0 aromatic heterocycles. The van der Waals surface area contributed by atoms with Gasteiger partial charge in [0.25, 0.3) is 0 Å². The molecule has 126 valence electrons. The number of allylic oxidation sites excluding steroid dienone is 2. The molecule has 0 saturated heterocycles. The first-order chi connectivity index (χ1) is 10.5. The van der Waals surface area contributed by atoms with Crippen LogP contribution in [0.3, 0.4) is 0 Å². The quantitative estimate of drug-likeness (QED) is 0.254. The van der Waals surface area contributed by atoms with Crippen molar-refractivity contribution in [2.24, 2.45) is 0 Å². The molecule has 7 nitrogen and oxygen atoms in total. The van der Waals surface area contributed by atoms with Crippen molar-refractivity contribution < 1.29 is 27.9 Å². The highest BCUT2D eigenvalue weighted by molar-refractivity contribution is 7.54. The van der Waals surface area contributed by atoms with Gasteiger partial charge in [0.1, 0.15) is 6.04 Å². The van der Waals surface area contributed by atoms with Gasteiger partial charge >= 0.3 is 13.6 Å². The molecule has 0 bridgehead atoms. The number of esters is 1. The summed E-state index contributed by atoms with van der Waals surface area (Å²) < 4.78 is 27.6. The van der Waals surface area contributed by atoms with Crippen molar-refractivity contribution in [1.29, 1.82) is 0 Å². The van der Waals surface area contributed by atoms with E-state index in [4.69, 9.17) is 9.05 Å². The minimum Gasteiger partial charge on any atom is -0.467 e. The third-order valence-electron chi connectivity index (χ3n) is 2.56. The van der Waals surface area contributed by atoms with Crippen LogP contribution >= 0.6 is 7.60 Å². The Morgan fingerprint density at radius 3 is 2.32 bits per heavy atom. The lowest BCUT2D eigenvalue weighted by atomic mass is 10.1. The highest BCUT2D eigenvalue weighted by Gasteiger charge is 2.26. The molecule has 0 radical (unpaired) electrons. The zero-order valence-electron chi connectivity index (χ0n) is 13.2. The van der Waals surface area contributed by atoms with E-state index >= 15 is 0 Å². The second-order valence-electron chi connectivity index (χ2n) is 4.21. The Morgan fingerprint density at radius 2 is 1.91 bits per heavy atom. The van der Waals surface area contributed by atoms with E-state index < -0.39 is 19.6 Å². The lowest BCUT2D eigenvalue weighted by molar-refractivity contribution is -0.142. The number of hydrogen-bond donors (Lipinski definition) is 1. The van der Waals surface area contributed by atoms with Gasteiger partial charge in [-0.1, -0.05) is 17.7 Å². The molecular formula is C14H24NO6P. The van der Waals surface area contributed by atoms with Crippen molar-refractivity contribution in [3.05, 3.63) is 24.3 Å². The maximum Gasteiger partial charge on any atom is 0.334 e. The first kappa shape index (κ1) is 20.6. The second kappa shape index (κ2) is 11.2. The number of rotatable bonds is 12. The summed E-state index contributed by atoms with van der Waals surface area (Å²) in [7, 11) is -2.09. The minimum atomic E-state index is -3.30. The summed E-state index contributed by atoms with van der Waals surface area (Å²) in [5.41, 5.74) is 0.602. The Morgan fingerprint density at radius 1 is 1.32 bits per heavy atom. The molecule has 0 spiro atoms. The van der Waals surface area contributed by atoms with Crippen LogP contribution in [0.1, 0.15) is 20.3 Å². The predicted octanol–water partition coefficient (Wildman–Crippen LogP) is 2.04. The van der Waals surface area contributed by atoms with Crippen LogP contribution in [-0.2, 0) is 27.9 Å². The van der Waals surface area contributed by atoms with E-state index in [1.807, 2.05) is 0 Å². The molecule has 1 atom stereocenters. The molecule has 1 N–H and O–H groups in total. The monoisotopic (exact) mass is 333 g/mol. The fourth-order valence-electron chi connectivity index (χ4n) is 1.76. The maximum absolute atomic E-state index is 12.6. The van der Waals surface area contributed by atoms with E-state index in [1.165, 1.54) is 13.2 Å². The highest BCUT2D eigenvalue weighted by atomic mass is 31.2. The minimum absolute atomic E-state index is 0.00866. The van der Waals surface area contributed by atoms with Gasteiger partial charge in [-0.3, -0.25) is 9.36 Å². The molecule has 0 aromatic rings. The summed E-state index contributed by atoms with van der Waals surface area (Å²) in [5.74, 6) is -0.628. The first-order valence-corrected chi connectivity index (χ1v) is 8.65. The van der Waals surface area contributed by atoms with E-state index in [1.54, 1.807) is 19.9 Å². The Labute approximate surface area is 131 Å². The average Bonchev–Trinajstić information content (AvgIpc) is 2.46. The van der Waals surface area contributed by atoms with Gasteiger partial charge in [-0.05, 0) is 20.3 Å². The van der Waals surface area contributed by atoms with Crippen molar-refractivity contribution in [1.82, 2.24) is 5.32 Å². The molecule has 0 aliphatic rings. The van der Waals surface area contributed by atoms with Gasteiger partial charge in [0.15, 0.2) is 0 Å². The molecule has 0 aliphatic carbocycles. The van der Waals surface area contributed by atoms with Crippen molar-refractivity contribution >= 4 is 20.0 Å². The molecule has 1 unspecified atom stereocenters. The van der Waals surface area contributed by atoms with Crippen LogP contribution in [0.4, 0.5) is 0 Å². The smallest absolute Gasteiger partial charge is 0.334 e. The number of nitrogens with one attached hydrogen (secondary N) is 1. The van der Waals surface area contributed by atoms with Gasteiger partial charge in [-0.25, -0.2) is 4.79 Å². The van der Waals surface area contributed by atoms with Crippen LogP contribution in [0.15, 0.2) is 24.3 Å². The lowest BCUT2D eigenvalue weighted by Gasteiger charge is -2.19. The van der Waals surface area contributed by atoms with Crippen LogP contribution < -0.4 is 5.32 Å². The van der Waals surface area contributed by atoms with Crippen molar-refractivity contribution in [3.8, 4) is 0 Å². The van der Waals surface area contributed by atoms with Crippen LogP contribution in [-0.4, -0.2) is 44.9 Å². The Kier molecular flexibility index (Phi) is 10.5. The van der Waals surface area contributed by atoms with E-state index in [0.717, 1.165) is 0 Å². The number of methoxy groups -OCH3 is 1. The third-order valence-corrected chi connectivity index (χ3v) is 4.66. The second-order valence-corrected chi connectivity index (χ2v) is 6.26. The summed E-state index contributed by atoms with van der Waals surface area (Å²) >= 11 is 0. The van der Waals surface area contributed by atoms with Crippen LogP contribution in [0.5, 0.6) is 0 Å². The SMILES string of the molecule is C=CC/C(=C\C(NC=O)C(=O)OC)CP(=O)(OCC)OCC. The largest absolute Gasteiger partial charge is 0.467 e. The third kappa shape index (κ3) is 7.54. The van der Waals surface area contributed by atoms with Crippen molar-refractivity contribution in [2.75, 3.05) is 26.5 Å². The Balaban J connectivity index is 5.34. The van der Waals surface area contributed by atoms with Crippen LogP contribution in [0.25, 0.3) is 0 Å². The number of hydrogen-bond acceptors (Lipinski definition) is 6. The van der Waals surface area contributed by atoms with E-state index in [9.17, 15) is 14.2 Å². The van der Waals surface area contributed by atoms with Gasteiger partial charge in [-0.15, -0.1) is 6.58 Å². The molecule has 0 rings (SSSR count). The lowest BCUT2D eigenvalue weighted by Crippen LogP contribution is -2.35. The summed E-state index contributed by atoms with van der Waals surface area (Å²) in [6.45, 7) is 7.54. The zero-order valence-corrected chi connectivity index (χ0v) is 14.1. The summed E-state index contributed by atoms with van der Waals surface area (Å²) in [4.78, 5) is 22.2. The average molecular weight is 333 g/mol. The first-order valence-electron chi connectivity index (χ1n) is 6.92. The van der Waals surface area contributed by atoms with Crippen molar-refractivity contribution in [2.45, 2.75) is 26.3 Å². The normalized spacial score (nSPS) is 13.3. The number of carbonyl (C=O) groups excluding carboxylic acids is 2. The number of amides is 1. The zero-order chi connectivity index (χ0) is 17.0. The Bertz CT molecular complexity index is 439. The van der Waals surface area contributed by atoms with Crippen LogP contribution in [0.2, 0.25) is 0 Å². The molecular weight excluding hydrogens is 309 g/mol. The number of carbonyl (C=O) groups is 2. The van der Waals surface area contributed by atoms with E-state index in [0.29, 0.717) is 18.4 Å². The Hall–Kier alpha value is -1.43. The maximum atomic E-state index is 12.6. The fraction of sp³-hybridized carbons (Fsp3) is 0.571. The molecule has 8 heteroatoms. The van der Waals surface area contributed by atoms with Crippen LogP contribution in [0, 0.1) is 0 Å². The molecule has 0 saturated carbocycles. The topological polar surface area (TPSA) is 90.9 Å². The van der Waals surface area contributed by atoms with Gasteiger partial charge in [0, 0.05) is 0 Å². The van der Waals surface area contributed by atoms with Gasteiger partial charge in [0.2, 0.25) is 6.41 Å². The molecule has 22 heavy (non-hydrogen) atoms. The molecule has 0 aromatic carbocycles. The van der Waals surface area contributed by atoms with Gasteiger partial charge < -0.3 is 19.1 Å². The summed E-state index contributed by atoms with van der Waals surface area (Å²) in [5, 5.41) is 2.33. The van der Waals surface area contributed by atoms with Crippen molar-refractivity contribution in [3.63, 3.8) is 0 Å². The standard InChI is InChI=1S/C14H24NO6P/c1-5-8-12(9-13(15-11-16)14(17)19-4)10-22(18,20-6-2)21-7-3/h5,9,11,13H,1,6-8,10H2,2-4H3,(H,15,16)/b12-9+. The van der Waals surface area contributed by atoms with E-state index in [-0.39, 0.29) is 19.4 Å². The van der Waals surface area contributed by atoms with Gasteiger partial charge in [-0.2, -0.15) is 0 Å². The fourth-order valence-corrected chi connectivity index (χ4v) is 3.54. The van der Waals surface area contributed by atoms with Gasteiger partial charge in [0.05, 0.1) is 26.5 Å². The molecule has 0 aliphatic heterocycles. The van der Waals surface area contributed by atoms with E-state index in [2.05, 4.69) is 16.6 Å². The summed E-state index contributed by atoms with van der Waals surface area (Å²) in [6.07, 6.45) is 3.86. The summed E-state index contributed by atoms with van der Waals surface area (Å²) in [6, 6.07) is -0.964. The highest BCUT2D eigenvalue weighted by Crippen LogP contribution is 2.49. The number of ether oxygens (including phenoxy) is 1. The molecule has 0 heterocycles. The molecule has 1 amide bonds. The predicted molar refractivity (Wildman–Crippen MR) is 83.6 cm³/mol. The molecule has 0 fully saturated rings.